The lowest BCUT2D eigenvalue weighted by atomic mass is 9.90. The monoisotopic (exact) mass is 307 g/mol. The molecule has 2 atom stereocenters. The zero-order chi connectivity index (χ0) is 14.9. The Labute approximate surface area is 131 Å². The summed E-state index contributed by atoms with van der Waals surface area (Å²) in [5.74, 6) is 0.218. The van der Waals surface area contributed by atoms with Crippen molar-refractivity contribution >= 4 is 11.8 Å². The van der Waals surface area contributed by atoms with Gasteiger partial charge in [0, 0.05) is 29.0 Å². The van der Waals surface area contributed by atoms with Gasteiger partial charge in [-0.15, -0.1) is 11.8 Å². The highest BCUT2D eigenvalue weighted by atomic mass is 32.2. The number of nitrogens with two attached hydrogens (primary N) is 1. The molecule has 21 heavy (non-hydrogen) atoms. The summed E-state index contributed by atoms with van der Waals surface area (Å²) in [6.45, 7) is 5.88. The van der Waals surface area contributed by atoms with Gasteiger partial charge in [-0.25, -0.2) is 0 Å². The van der Waals surface area contributed by atoms with Crippen molar-refractivity contribution in [2.45, 2.75) is 61.0 Å². The van der Waals surface area contributed by atoms with Crippen molar-refractivity contribution in [2.24, 2.45) is 5.73 Å². The molecule has 3 nitrogen and oxygen atoms in total. The van der Waals surface area contributed by atoms with Crippen LogP contribution < -0.4 is 5.73 Å². The van der Waals surface area contributed by atoms with E-state index in [0.29, 0.717) is 11.2 Å². The number of thioether (sulfide) groups is 1. The second kappa shape index (κ2) is 6.29. The predicted octanol–water partition coefficient (Wildman–Crippen LogP) is 3.53. The minimum atomic E-state index is -0.356. The van der Waals surface area contributed by atoms with Crippen LogP contribution in [0.25, 0.3) is 0 Å². The van der Waals surface area contributed by atoms with Gasteiger partial charge in [0.15, 0.2) is 5.79 Å². The number of hydrogen-bond acceptors (Lipinski definition) is 4. The Morgan fingerprint density at radius 3 is 2.48 bits per heavy atom. The molecule has 1 aromatic rings. The Balaban J connectivity index is 1.67. The van der Waals surface area contributed by atoms with Gasteiger partial charge in [-0.1, -0.05) is 26.0 Å². The van der Waals surface area contributed by atoms with Gasteiger partial charge in [-0.05, 0) is 30.0 Å². The van der Waals surface area contributed by atoms with E-state index in [4.69, 9.17) is 15.2 Å². The molecular weight excluding hydrogens is 282 g/mol. The van der Waals surface area contributed by atoms with E-state index >= 15 is 0 Å². The highest BCUT2D eigenvalue weighted by Gasteiger charge is 2.44. The lowest BCUT2D eigenvalue weighted by Crippen LogP contribution is -2.47. The molecule has 2 aliphatic rings. The molecule has 0 amide bonds. The Morgan fingerprint density at radius 1 is 1.19 bits per heavy atom. The first-order valence-corrected chi connectivity index (χ1v) is 8.76. The average molecular weight is 307 g/mol. The molecule has 116 valence electrons. The van der Waals surface area contributed by atoms with E-state index in [2.05, 4.69) is 38.1 Å². The Kier molecular flexibility index (Phi) is 4.60. The van der Waals surface area contributed by atoms with Gasteiger partial charge in [-0.3, -0.25) is 0 Å². The van der Waals surface area contributed by atoms with Crippen LogP contribution in [-0.4, -0.2) is 30.3 Å². The fourth-order valence-electron chi connectivity index (χ4n) is 3.13. The van der Waals surface area contributed by atoms with E-state index in [0.717, 1.165) is 32.5 Å². The smallest absolute Gasteiger partial charge is 0.169 e. The largest absolute Gasteiger partial charge is 0.347 e. The Hall–Kier alpha value is -0.550. The van der Waals surface area contributed by atoms with E-state index in [1.54, 1.807) is 0 Å². The van der Waals surface area contributed by atoms with Gasteiger partial charge in [0.2, 0.25) is 0 Å². The first kappa shape index (κ1) is 15.3. The summed E-state index contributed by atoms with van der Waals surface area (Å²) in [4.78, 5) is 1.29. The van der Waals surface area contributed by atoms with Crippen LogP contribution in [0.1, 0.15) is 44.6 Å². The summed E-state index contributed by atoms with van der Waals surface area (Å²) in [7, 11) is 0. The quantitative estimate of drug-likeness (QED) is 0.928. The topological polar surface area (TPSA) is 44.5 Å². The summed E-state index contributed by atoms with van der Waals surface area (Å²) in [5, 5.41) is 0.363. The maximum Gasteiger partial charge on any atom is 0.169 e. The maximum atomic E-state index is 6.32. The molecule has 2 N–H and O–H groups in total. The van der Waals surface area contributed by atoms with E-state index in [1.807, 2.05) is 11.8 Å². The van der Waals surface area contributed by atoms with Crippen molar-refractivity contribution in [1.82, 2.24) is 0 Å². The van der Waals surface area contributed by atoms with E-state index in [-0.39, 0.29) is 11.8 Å². The molecule has 0 radical (unpaired) electrons. The second-order valence-corrected chi connectivity index (χ2v) is 7.71. The first-order valence-electron chi connectivity index (χ1n) is 7.88. The Bertz CT molecular complexity index is 468. The standard InChI is InChI=1S/C17H25NO2S/c1-12(2)13-3-5-14(6-4-13)21-16-11-17(8-7-15(16)18)19-9-10-20-17/h3-6,12,15-16H,7-11,18H2,1-2H3. The number of ether oxygens (including phenoxy) is 2. The van der Waals surface area contributed by atoms with E-state index < -0.39 is 0 Å². The molecule has 1 saturated carbocycles. The molecule has 1 aromatic carbocycles. The van der Waals surface area contributed by atoms with Crippen molar-refractivity contribution in [3.8, 4) is 0 Å². The molecule has 1 spiro atoms. The summed E-state index contributed by atoms with van der Waals surface area (Å²) in [6.07, 6.45) is 2.80. The van der Waals surface area contributed by atoms with Crippen LogP contribution in [0.5, 0.6) is 0 Å². The second-order valence-electron chi connectivity index (χ2n) is 6.39. The van der Waals surface area contributed by atoms with Crippen LogP contribution >= 0.6 is 11.8 Å². The number of hydrogen-bond donors (Lipinski definition) is 1. The van der Waals surface area contributed by atoms with Crippen LogP contribution in [0.15, 0.2) is 29.2 Å². The van der Waals surface area contributed by atoms with Crippen LogP contribution in [0, 0.1) is 0 Å². The van der Waals surface area contributed by atoms with Crippen LogP contribution in [-0.2, 0) is 9.47 Å². The number of benzene rings is 1. The molecule has 0 bridgehead atoms. The van der Waals surface area contributed by atoms with Gasteiger partial charge in [0.1, 0.15) is 0 Å². The van der Waals surface area contributed by atoms with Crippen LogP contribution in [0.4, 0.5) is 0 Å². The summed E-state index contributed by atoms with van der Waals surface area (Å²) < 4.78 is 11.7. The molecule has 1 heterocycles. The first-order chi connectivity index (χ1) is 10.1. The maximum absolute atomic E-state index is 6.32. The average Bonchev–Trinajstić information content (AvgIpc) is 2.92. The molecule has 2 fully saturated rings. The molecule has 0 aromatic heterocycles. The third kappa shape index (κ3) is 3.45. The SMILES string of the molecule is CC(C)c1ccc(SC2CC3(CCC2N)OCCO3)cc1. The third-order valence-corrected chi connectivity index (χ3v) is 5.86. The fraction of sp³-hybridized carbons (Fsp3) is 0.647. The lowest BCUT2D eigenvalue weighted by Gasteiger charge is -2.39. The highest BCUT2D eigenvalue weighted by Crippen LogP contribution is 2.42. The lowest BCUT2D eigenvalue weighted by molar-refractivity contribution is -0.176. The highest BCUT2D eigenvalue weighted by molar-refractivity contribution is 8.00. The fourth-order valence-corrected chi connectivity index (χ4v) is 4.42. The zero-order valence-corrected chi connectivity index (χ0v) is 13.7. The molecular formula is C17H25NO2S. The van der Waals surface area contributed by atoms with Crippen molar-refractivity contribution in [3.05, 3.63) is 29.8 Å². The van der Waals surface area contributed by atoms with Crippen molar-refractivity contribution in [3.63, 3.8) is 0 Å². The minimum absolute atomic E-state index is 0.221. The molecule has 2 unspecified atom stereocenters. The van der Waals surface area contributed by atoms with Crippen LogP contribution in [0.2, 0.25) is 0 Å². The molecule has 1 aliphatic carbocycles. The van der Waals surface area contributed by atoms with Crippen molar-refractivity contribution in [2.75, 3.05) is 13.2 Å². The summed E-state index contributed by atoms with van der Waals surface area (Å²) in [5.41, 5.74) is 7.70. The van der Waals surface area contributed by atoms with Crippen molar-refractivity contribution in [1.29, 1.82) is 0 Å². The molecule has 1 aliphatic heterocycles. The molecule has 1 saturated heterocycles. The minimum Gasteiger partial charge on any atom is -0.347 e. The third-order valence-electron chi connectivity index (χ3n) is 4.50. The normalized spacial score (nSPS) is 28.4. The Morgan fingerprint density at radius 2 is 1.86 bits per heavy atom. The van der Waals surface area contributed by atoms with Crippen LogP contribution in [0.3, 0.4) is 0 Å². The predicted molar refractivity (Wildman–Crippen MR) is 86.6 cm³/mol. The summed E-state index contributed by atoms with van der Waals surface area (Å²) >= 11 is 1.87. The van der Waals surface area contributed by atoms with E-state index in [9.17, 15) is 0 Å². The van der Waals surface area contributed by atoms with Gasteiger partial charge >= 0.3 is 0 Å². The van der Waals surface area contributed by atoms with E-state index in [1.165, 1.54) is 10.5 Å². The summed E-state index contributed by atoms with van der Waals surface area (Å²) in [6, 6.07) is 9.09. The number of rotatable bonds is 3. The van der Waals surface area contributed by atoms with Gasteiger partial charge in [0.05, 0.1) is 13.2 Å². The van der Waals surface area contributed by atoms with Crippen molar-refractivity contribution < 1.29 is 9.47 Å². The zero-order valence-electron chi connectivity index (χ0n) is 12.9. The van der Waals surface area contributed by atoms with Gasteiger partial charge in [0.25, 0.3) is 0 Å². The van der Waals surface area contributed by atoms with Gasteiger partial charge < -0.3 is 15.2 Å². The molecule has 4 heteroatoms. The molecule has 3 rings (SSSR count). The van der Waals surface area contributed by atoms with Gasteiger partial charge in [-0.2, -0.15) is 0 Å².